The lowest BCUT2D eigenvalue weighted by Gasteiger charge is -2.10. The molecule has 0 aromatic heterocycles. The Kier molecular flexibility index (Phi) is 5.80. The van der Waals surface area contributed by atoms with Crippen molar-refractivity contribution < 1.29 is 22.8 Å². The predicted octanol–water partition coefficient (Wildman–Crippen LogP) is 4.24. The number of hydrogen-bond acceptors (Lipinski definition) is 2. The minimum Gasteiger partial charge on any atom is -0.326 e. The van der Waals surface area contributed by atoms with Gasteiger partial charge in [-0.1, -0.05) is 25.1 Å². The number of alkyl halides is 3. The first-order valence-corrected chi connectivity index (χ1v) is 7.64. The molecule has 0 unspecified atom stereocenters. The van der Waals surface area contributed by atoms with Gasteiger partial charge in [0.25, 0.3) is 0 Å². The molecule has 2 N–H and O–H groups in total. The molecule has 2 aromatic rings. The van der Waals surface area contributed by atoms with E-state index >= 15 is 0 Å². The van der Waals surface area contributed by atoms with Crippen LogP contribution in [0, 0.1) is 0 Å². The van der Waals surface area contributed by atoms with E-state index in [-0.39, 0.29) is 5.69 Å². The van der Waals surface area contributed by atoms with Gasteiger partial charge in [-0.3, -0.25) is 9.59 Å². The van der Waals surface area contributed by atoms with Crippen LogP contribution in [0.4, 0.5) is 24.5 Å². The van der Waals surface area contributed by atoms with Crippen molar-refractivity contribution in [3.63, 3.8) is 0 Å². The standard InChI is InChI=1S/C18H17F3N2O2/c1-2-12-5-3-4-6-15(12)23-17(25)11-16(24)22-14-9-7-13(8-10-14)18(19,20)21/h3-10H,2,11H2,1H3,(H,22,24)(H,23,25). The second-order valence-corrected chi connectivity index (χ2v) is 5.36. The lowest BCUT2D eigenvalue weighted by molar-refractivity contribution is -0.137. The Bertz CT molecular complexity index is 756. The van der Waals surface area contributed by atoms with Gasteiger partial charge in [0.2, 0.25) is 11.8 Å². The number of carbonyl (C=O) groups excluding carboxylic acids is 2. The third-order valence-electron chi connectivity index (χ3n) is 3.49. The summed E-state index contributed by atoms with van der Waals surface area (Å²) in [6.07, 6.45) is -4.14. The monoisotopic (exact) mass is 350 g/mol. The highest BCUT2D eigenvalue weighted by atomic mass is 19.4. The van der Waals surface area contributed by atoms with Crippen LogP contribution in [0.15, 0.2) is 48.5 Å². The Morgan fingerprint density at radius 2 is 1.52 bits per heavy atom. The van der Waals surface area contributed by atoms with Crippen LogP contribution >= 0.6 is 0 Å². The maximum Gasteiger partial charge on any atom is 0.416 e. The molecule has 2 rings (SSSR count). The van der Waals surface area contributed by atoms with Gasteiger partial charge < -0.3 is 10.6 Å². The van der Waals surface area contributed by atoms with E-state index in [0.717, 1.165) is 36.2 Å². The summed E-state index contributed by atoms with van der Waals surface area (Å²) >= 11 is 0. The molecule has 4 nitrogen and oxygen atoms in total. The minimum atomic E-state index is -4.44. The molecule has 0 saturated heterocycles. The molecule has 0 atom stereocenters. The quantitative estimate of drug-likeness (QED) is 0.793. The van der Waals surface area contributed by atoms with Gasteiger partial charge in [-0.25, -0.2) is 0 Å². The molecule has 0 fully saturated rings. The first-order valence-electron chi connectivity index (χ1n) is 7.64. The fraction of sp³-hybridized carbons (Fsp3) is 0.222. The number of aryl methyl sites for hydroxylation is 1. The largest absolute Gasteiger partial charge is 0.416 e. The average molecular weight is 350 g/mol. The van der Waals surface area contributed by atoms with Crippen molar-refractivity contribution in [1.82, 2.24) is 0 Å². The maximum absolute atomic E-state index is 12.5. The SMILES string of the molecule is CCc1ccccc1NC(=O)CC(=O)Nc1ccc(C(F)(F)F)cc1. The third kappa shape index (κ3) is 5.34. The van der Waals surface area contributed by atoms with Crippen LogP contribution in [0.5, 0.6) is 0 Å². The summed E-state index contributed by atoms with van der Waals surface area (Å²) in [6.45, 7) is 1.95. The number of halogens is 3. The zero-order valence-corrected chi connectivity index (χ0v) is 13.5. The van der Waals surface area contributed by atoms with Crippen LogP contribution in [0.25, 0.3) is 0 Å². The summed E-state index contributed by atoms with van der Waals surface area (Å²) in [4.78, 5) is 23.8. The third-order valence-corrected chi connectivity index (χ3v) is 3.49. The second-order valence-electron chi connectivity index (χ2n) is 5.36. The summed E-state index contributed by atoms with van der Waals surface area (Å²) in [5.41, 5.74) is 0.968. The first-order chi connectivity index (χ1) is 11.8. The van der Waals surface area contributed by atoms with Crippen LogP contribution in [0.1, 0.15) is 24.5 Å². The lowest BCUT2D eigenvalue weighted by Crippen LogP contribution is -2.22. The Morgan fingerprint density at radius 1 is 0.920 bits per heavy atom. The van der Waals surface area contributed by atoms with Crippen molar-refractivity contribution in [3.8, 4) is 0 Å². The number of carbonyl (C=O) groups is 2. The Morgan fingerprint density at radius 3 is 2.12 bits per heavy atom. The number of hydrogen-bond donors (Lipinski definition) is 2. The van der Waals surface area contributed by atoms with Gasteiger partial charge in [-0.2, -0.15) is 13.2 Å². The van der Waals surface area contributed by atoms with Gasteiger partial charge in [0.1, 0.15) is 6.42 Å². The highest BCUT2D eigenvalue weighted by Gasteiger charge is 2.30. The van der Waals surface area contributed by atoms with Gasteiger partial charge >= 0.3 is 6.18 Å². The van der Waals surface area contributed by atoms with Crippen molar-refractivity contribution in [2.45, 2.75) is 25.9 Å². The van der Waals surface area contributed by atoms with Gasteiger partial charge in [0.15, 0.2) is 0 Å². The normalized spacial score (nSPS) is 11.0. The predicted molar refractivity (Wildman–Crippen MR) is 89.1 cm³/mol. The molecule has 25 heavy (non-hydrogen) atoms. The molecule has 7 heteroatoms. The van der Waals surface area contributed by atoms with Crippen LogP contribution in [-0.2, 0) is 22.2 Å². The van der Waals surface area contributed by atoms with Crippen molar-refractivity contribution >= 4 is 23.2 Å². The van der Waals surface area contributed by atoms with Crippen molar-refractivity contribution in [2.24, 2.45) is 0 Å². The number of rotatable bonds is 5. The van der Waals surface area contributed by atoms with Gasteiger partial charge in [-0.05, 0) is 42.3 Å². The number of para-hydroxylation sites is 1. The fourth-order valence-corrected chi connectivity index (χ4v) is 2.24. The number of anilines is 2. The molecule has 2 amide bonds. The van der Waals surface area contributed by atoms with Gasteiger partial charge in [0, 0.05) is 11.4 Å². The molecule has 132 valence electrons. The molecule has 0 spiro atoms. The van der Waals surface area contributed by atoms with E-state index in [1.165, 1.54) is 0 Å². The number of amides is 2. The molecular weight excluding hydrogens is 333 g/mol. The van der Waals surface area contributed by atoms with Gasteiger partial charge in [-0.15, -0.1) is 0 Å². The molecule has 0 radical (unpaired) electrons. The fourth-order valence-electron chi connectivity index (χ4n) is 2.24. The van der Waals surface area contributed by atoms with E-state index in [1.807, 2.05) is 19.1 Å². The maximum atomic E-state index is 12.5. The van der Waals surface area contributed by atoms with Crippen LogP contribution < -0.4 is 10.6 Å². The Balaban J connectivity index is 1.92. The highest BCUT2D eigenvalue weighted by molar-refractivity contribution is 6.08. The summed E-state index contributed by atoms with van der Waals surface area (Å²) < 4.78 is 37.4. The van der Waals surface area contributed by atoms with E-state index in [1.54, 1.807) is 12.1 Å². The Hall–Kier alpha value is -2.83. The topological polar surface area (TPSA) is 58.2 Å². The smallest absolute Gasteiger partial charge is 0.326 e. The van der Waals surface area contributed by atoms with Crippen molar-refractivity contribution in [1.29, 1.82) is 0 Å². The van der Waals surface area contributed by atoms with E-state index in [0.29, 0.717) is 5.69 Å². The Labute approximate surface area is 143 Å². The van der Waals surface area contributed by atoms with Crippen LogP contribution in [0.2, 0.25) is 0 Å². The molecular formula is C18H17F3N2O2. The molecule has 0 heterocycles. The summed E-state index contributed by atoms with van der Waals surface area (Å²) in [7, 11) is 0. The minimum absolute atomic E-state index is 0.194. The molecule has 0 bridgehead atoms. The molecule has 0 aliphatic rings. The average Bonchev–Trinajstić information content (AvgIpc) is 2.54. The highest BCUT2D eigenvalue weighted by Crippen LogP contribution is 2.29. The molecule has 0 saturated carbocycles. The van der Waals surface area contributed by atoms with Gasteiger partial charge in [0.05, 0.1) is 5.56 Å². The van der Waals surface area contributed by atoms with E-state index in [2.05, 4.69) is 10.6 Å². The van der Waals surface area contributed by atoms with Crippen LogP contribution in [-0.4, -0.2) is 11.8 Å². The summed E-state index contributed by atoms with van der Waals surface area (Å²) in [5, 5.41) is 5.06. The summed E-state index contributed by atoms with van der Waals surface area (Å²) in [5.74, 6) is -1.10. The van der Waals surface area contributed by atoms with Crippen LogP contribution in [0.3, 0.4) is 0 Å². The zero-order valence-electron chi connectivity index (χ0n) is 13.5. The molecule has 2 aromatic carbocycles. The van der Waals surface area contributed by atoms with Crippen molar-refractivity contribution in [2.75, 3.05) is 10.6 Å². The lowest BCUT2D eigenvalue weighted by atomic mass is 10.1. The molecule has 0 aliphatic carbocycles. The van der Waals surface area contributed by atoms with Crippen molar-refractivity contribution in [3.05, 3.63) is 59.7 Å². The second kappa shape index (κ2) is 7.83. The first kappa shape index (κ1) is 18.5. The molecule has 0 aliphatic heterocycles. The number of nitrogens with one attached hydrogen (secondary N) is 2. The van der Waals surface area contributed by atoms with E-state index in [9.17, 15) is 22.8 Å². The summed E-state index contributed by atoms with van der Waals surface area (Å²) in [6, 6.07) is 11.3. The zero-order chi connectivity index (χ0) is 18.4. The van der Waals surface area contributed by atoms with E-state index < -0.39 is 30.0 Å². The van der Waals surface area contributed by atoms with E-state index in [4.69, 9.17) is 0 Å². The number of benzene rings is 2.